The van der Waals surface area contributed by atoms with Crippen molar-refractivity contribution in [3.63, 3.8) is 0 Å². The Morgan fingerprint density at radius 1 is 0.833 bits per heavy atom. The SMILES string of the molecule is O=C(O)CCCCCC(=O)O.[Na]. The summed E-state index contributed by atoms with van der Waals surface area (Å²) in [6.45, 7) is 0. The topological polar surface area (TPSA) is 74.6 Å². The smallest absolute Gasteiger partial charge is 0.303 e. The van der Waals surface area contributed by atoms with Crippen LogP contribution in [0.15, 0.2) is 0 Å². The van der Waals surface area contributed by atoms with Crippen molar-refractivity contribution >= 4 is 41.5 Å². The van der Waals surface area contributed by atoms with Gasteiger partial charge in [-0.05, 0) is 12.8 Å². The summed E-state index contributed by atoms with van der Waals surface area (Å²) in [5.74, 6) is -1.64. The van der Waals surface area contributed by atoms with Gasteiger partial charge in [-0.1, -0.05) is 6.42 Å². The Morgan fingerprint density at radius 3 is 1.42 bits per heavy atom. The van der Waals surface area contributed by atoms with Crippen LogP contribution in [0.2, 0.25) is 0 Å². The van der Waals surface area contributed by atoms with E-state index in [9.17, 15) is 9.59 Å². The molecule has 0 heterocycles. The average Bonchev–Trinajstić information content (AvgIpc) is 1.85. The van der Waals surface area contributed by atoms with E-state index in [-0.39, 0.29) is 42.4 Å². The molecule has 0 rings (SSSR count). The second-order valence-electron chi connectivity index (χ2n) is 2.35. The minimum absolute atomic E-state index is 0. The largest absolute Gasteiger partial charge is 0.481 e. The molecule has 12 heavy (non-hydrogen) atoms. The molecule has 0 amide bonds. The molecule has 0 aliphatic heterocycles. The quantitative estimate of drug-likeness (QED) is 0.470. The molecule has 0 fully saturated rings. The molecule has 4 nitrogen and oxygen atoms in total. The first-order valence-corrected chi connectivity index (χ1v) is 3.56. The monoisotopic (exact) mass is 183 g/mol. The maximum Gasteiger partial charge on any atom is 0.303 e. The molecular formula is C7H12NaO4. The average molecular weight is 183 g/mol. The van der Waals surface area contributed by atoms with Gasteiger partial charge in [0.2, 0.25) is 0 Å². The zero-order chi connectivity index (χ0) is 8.69. The molecule has 0 spiro atoms. The van der Waals surface area contributed by atoms with Crippen molar-refractivity contribution in [1.82, 2.24) is 0 Å². The van der Waals surface area contributed by atoms with Gasteiger partial charge in [0.05, 0.1) is 0 Å². The molecule has 0 unspecified atom stereocenters. The molecule has 0 saturated carbocycles. The number of carboxylic acid groups (broad SMARTS) is 2. The molecule has 1 radical (unpaired) electrons. The zero-order valence-corrected chi connectivity index (χ0v) is 9.25. The van der Waals surface area contributed by atoms with Crippen LogP contribution < -0.4 is 0 Å². The number of hydrogen-bond acceptors (Lipinski definition) is 2. The van der Waals surface area contributed by atoms with E-state index in [1.54, 1.807) is 0 Å². The predicted molar refractivity (Wildman–Crippen MR) is 44.1 cm³/mol. The van der Waals surface area contributed by atoms with E-state index in [1.165, 1.54) is 0 Å². The van der Waals surface area contributed by atoms with Crippen LogP contribution in [-0.2, 0) is 9.59 Å². The van der Waals surface area contributed by atoms with Gasteiger partial charge >= 0.3 is 11.9 Å². The number of carboxylic acids is 2. The predicted octanol–water partition coefficient (Wildman–Crippen LogP) is 0.725. The minimum Gasteiger partial charge on any atom is -0.481 e. The maximum atomic E-state index is 9.98. The minimum atomic E-state index is -0.819. The van der Waals surface area contributed by atoms with Gasteiger partial charge < -0.3 is 10.2 Å². The first kappa shape index (κ1) is 14.5. The van der Waals surface area contributed by atoms with Crippen LogP contribution in [0.3, 0.4) is 0 Å². The summed E-state index contributed by atoms with van der Waals surface area (Å²) in [6, 6.07) is 0. The number of carbonyl (C=O) groups is 2. The van der Waals surface area contributed by atoms with Gasteiger partial charge in [0.1, 0.15) is 0 Å². The molecule has 0 bridgehead atoms. The van der Waals surface area contributed by atoms with Crippen LogP contribution in [0.25, 0.3) is 0 Å². The standard InChI is InChI=1S/C7H12O4.Na/c8-6(9)4-2-1-3-5-7(10)11;/h1-5H2,(H,8,9)(H,10,11);. The third-order valence-electron chi connectivity index (χ3n) is 1.28. The van der Waals surface area contributed by atoms with E-state index in [1.807, 2.05) is 0 Å². The number of rotatable bonds is 6. The summed E-state index contributed by atoms with van der Waals surface area (Å²) in [4.78, 5) is 20.0. The van der Waals surface area contributed by atoms with E-state index in [2.05, 4.69) is 0 Å². The fourth-order valence-corrected chi connectivity index (χ4v) is 0.729. The molecule has 0 saturated heterocycles. The maximum absolute atomic E-state index is 9.98. The Bertz CT molecular complexity index is 130. The van der Waals surface area contributed by atoms with Crippen molar-refractivity contribution in [3.8, 4) is 0 Å². The van der Waals surface area contributed by atoms with Gasteiger partial charge in [0.15, 0.2) is 0 Å². The summed E-state index contributed by atoms with van der Waals surface area (Å²) in [5, 5.41) is 16.4. The van der Waals surface area contributed by atoms with E-state index in [4.69, 9.17) is 10.2 Å². The van der Waals surface area contributed by atoms with Gasteiger partial charge in [-0.2, -0.15) is 0 Å². The van der Waals surface area contributed by atoms with Crippen LogP contribution in [0.4, 0.5) is 0 Å². The van der Waals surface area contributed by atoms with E-state index < -0.39 is 11.9 Å². The zero-order valence-electron chi connectivity index (χ0n) is 7.25. The molecule has 0 aromatic rings. The van der Waals surface area contributed by atoms with Gasteiger partial charge in [-0.25, -0.2) is 0 Å². The number of aliphatic carboxylic acids is 2. The van der Waals surface area contributed by atoms with Crippen LogP contribution in [0.1, 0.15) is 32.1 Å². The Labute approximate surface area is 93.3 Å². The normalized spacial score (nSPS) is 8.67. The number of unbranched alkanes of at least 4 members (excludes halogenated alkanes) is 2. The van der Waals surface area contributed by atoms with E-state index >= 15 is 0 Å². The van der Waals surface area contributed by atoms with Crippen molar-refractivity contribution in [2.75, 3.05) is 0 Å². The van der Waals surface area contributed by atoms with Crippen molar-refractivity contribution in [2.24, 2.45) is 0 Å². The summed E-state index contributed by atoms with van der Waals surface area (Å²) in [7, 11) is 0. The Balaban J connectivity index is 0. The molecule has 5 heteroatoms. The summed E-state index contributed by atoms with van der Waals surface area (Å²) < 4.78 is 0. The first-order valence-electron chi connectivity index (χ1n) is 3.56. The molecule has 0 aromatic carbocycles. The van der Waals surface area contributed by atoms with E-state index in [0.29, 0.717) is 19.3 Å². The van der Waals surface area contributed by atoms with E-state index in [0.717, 1.165) is 0 Å². The van der Waals surface area contributed by atoms with Crippen molar-refractivity contribution in [2.45, 2.75) is 32.1 Å². The number of hydrogen-bond donors (Lipinski definition) is 2. The van der Waals surface area contributed by atoms with Crippen molar-refractivity contribution in [1.29, 1.82) is 0 Å². The van der Waals surface area contributed by atoms with Crippen LogP contribution in [0.5, 0.6) is 0 Å². The summed E-state index contributed by atoms with van der Waals surface area (Å²) in [5.41, 5.74) is 0. The Hall–Kier alpha value is -0.0600. The third kappa shape index (κ3) is 12.6. The molecule has 0 aromatic heterocycles. The second-order valence-corrected chi connectivity index (χ2v) is 2.35. The van der Waals surface area contributed by atoms with Gasteiger partial charge in [-0.3, -0.25) is 9.59 Å². The van der Waals surface area contributed by atoms with Crippen LogP contribution >= 0.6 is 0 Å². The van der Waals surface area contributed by atoms with Crippen molar-refractivity contribution < 1.29 is 19.8 Å². The molecular weight excluding hydrogens is 171 g/mol. The molecule has 2 N–H and O–H groups in total. The fourth-order valence-electron chi connectivity index (χ4n) is 0.729. The summed E-state index contributed by atoms with van der Waals surface area (Å²) >= 11 is 0. The van der Waals surface area contributed by atoms with Gasteiger partial charge in [0, 0.05) is 42.4 Å². The molecule has 0 aliphatic rings. The Morgan fingerprint density at radius 2 is 1.17 bits per heavy atom. The van der Waals surface area contributed by atoms with Crippen molar-refractivity contribution in [3.05, 3.63) is 0 Å². The van der Waals surface area contributed by atoms with Gasteiger partial charge in [0.25, 0.3) is 0 Å². The van der Waals surface area contributed by atoms with Crippen LogP contribution in [-0.4, -0.2) is 51.7 Å². The fraction of sp³-hybridized carbons (Fsp3) is 0.714. The Kier molecular flexibility index (Phi) is 10.9. The second kappa shape index (κ2) is 9.03. The summed E-state index contributed by atoms with van der Waals surface area (Å²) in [6.07, 6.45) is 2.10. The van der Waals surface area contributed by atoms with Crippen LogP contribution in [0, 0.1) is 0 Å². The molecule has 0 atom stereocenters. The molecule has 0 aliphatic carbocycles. The first-order chi connectivity index (χ1) is 5.13. The molecule has 65 valence electrons. The van der Waals surface area contributed by atoms with Gasteiger partial charge in [-0.15, -0.1) is 0 Å². The third-order valence-corrected chi connectivity index (χ3v) is 1.28.